The third-order valence-electron chi connectivity index (χ3n) is 3.21. The van der Waals surface area contributed by atoms with E-state index in [-0.39, 0.29) is 6.04 Å². The number of aryl methyl sites for hydroxylation is 2. The summed E-state index contributed by atoms with van der Waals surface area (Å²) in [4.78, 5) is 0. The van der Waals surface area contributed by atoms with Crippen molar-refractivity contribution in [2.24, 2.45) is 5.84 Å². The summed E-state index contributed by atoms with van der Waals surface area (Å²) in [5.74, 6) is 5.67. The van der Waals surface area contributed by atoms with E-state index in [4.69, 9.17) is 5.84 Å². The van der Waals surface area contributed by atoms with E-state index < -0.39 is 0 Å². The Labute approximate surface area is 109 Å². The lowest BCUT2D eigenvalue weighted by Gasteiger charge is -2.16. The Kier molecular flexibility index (Phi) is 4.51. The predicted octanol–water partition coefficient (Wildman–Crippen LogP) is 3.13. The minimum absolute atomic E-state index is 0.213. The van der Waals surface area contributed by atoms with Gasteiger partial charge in [0.05, 0.1) is 0 Å². The molecule has 0 amide bonds. The smallest absolute Gasteiger partial charge is 0.0463 e. The maximum Gasteiger partial charge on any atom is 0.0463 e. The summed E-state index contributed by atoms with van der Waals surface area (Å²) < 4.78 is 0. The van der Waals surface area contributed by atoms with E-state index in [1.165, 1.54) is 16.7 Å². The third-order valence-corrected chi connectivity index (χ3v) is 3.21. The summed E-state index contributed by atoms with van der Waals surface area (Å²) in [7, 11) is 0. The average Bonchev–Trinajstić information content (AvgIpc) is 2.41. The molecule has 2 aromatic rings. The molecule has 0 aliphatic carbocycles. The Morgan fingerprint density at radius 2 is 1.83 bits per heavy atom. The molecule has 0 spiro atoms. The van der Waals surface area contributed by atoms with Crippen molar-refractivity contribution in [1.82, 2.24) is 5.43 Å². The molecule has 0 saturated heterocycles. The van der Waals surface area contributed by atoms with Gasteiger partial charge in [-0.3, -0.25) is 11.3 Å². The molecule has 0 saturated carbocycles. The summed E-state index contributed by atoms with van der Waals surface area (Å²) in [6, 6.07) is 19.2. The fraction of sp³-hybridized carbons (Fsp3) is 0.250. The van der Waals surface area contributed by atoms with Gasteiger partial charge in [0, 0.05) is 6.04 Å². The normalized spacial score (nSPS) is 12.3. The molecule has 0 radical (unpaired) electrons. The lowest BCUT2D eigenvalue weighted by molar-refractivity contribution is 0.516. The van der Waals surface area contributed by atoms with Gasteiger partial charge in [-0.15, -0.1) is 0 Å². The quantitative estimate of drug-likeness (QED) is 0.622. The number of hydrogen-bond donors (Lipinski definition) is 2. The molecule has 0 fully saturated rings. The van der Waals surface area contributed by atoms with Crippen molar-refractivity contribution in [3.63, 3.8) is 0 Å². The Balaban J connectivity index is 2.02. The van der Waals surface area contributed by atoms with Crippen LogP contribution in [0.3, 0.4) is 0 Å². The van der Waals surface area contributed by atoms with Crippen molar-refractivity contribution >= 4 is 0 Å². The van der Waals surface area contributed by atoms with Gasteiger partial charge in [0.2, 0.25) is 0 Å². The summed E-state index contributed by atoms with van der Waals surface area (Å²) in [5, 5.41) is 0. The second-order valence-corrected chi connectivity index (χ2v) is 4.66. The van der Waals surface area contributed by atoms with Crippen molar-refractivity contribution in [2.75, 3.05) is 0 Å². The Morgan fingerprint density at radius 3 is 2.50 bits per heavy atom. The van der Waals surface area contributed by atoms with Gasteiger partial charge < -0.3 is 0 Å². The van der Waals surface area contributed by atoms with Gasteiger partial charge in [0.1, 0.15) is 0 Å². The first-order chi connectivity index (χ1) is 8.79. The van der Waals surface area contributed by atoms with Crippen LogP contribution in [0.1, 0.15) is 29.2 Å². The van der Waals surface area contributed by atoms with Crippen molar-refractivity contribution in [2.45, 2.75) is 25.8 Å². The van der Waals surface area contributed by atoms with Gasteiger partial charge in [-0.1, -0.05) is 60.2 Å². The van der Waals surface area contributed by atoms with Crippen LogP contribution < -0.4 is 11.3 Å². The molecular formula is C16H20N2. The maximum atomic E-state index is 5.67. The lowest BCUT2D eigenvalue weighted by atomic mass is 9.98. The number of hydrogen-bond acceptors (Lipinski definition) is 2. The highest BCUT2D eigenvalue weighted by atomic mass is 15.2. The standard InChI is InChI=1S/C16H20N2/c1-13-6-5-9-15(12-13)16(18-17)11-10-14-7-3-2-4-8-14/h2-9,12,16,18H,10-11,17H2,1H3. The number of nitrogens with two attached hydrogens (primary N) is 1. The van der Waals surface area contributed by atoms with Crippen molar-refractivity contribution < 1.29 is 0 Å². The van der Waals surface area contributed by atoms with Gasteiger partial charge in [-0.25, -0.2) is 0 Å². The SMILES string of the molecule is Cc1cccc(C(CCc2ccccc2)NN)c1. The summed E-state index contributed by atoms with van der Waals surface area (Å²) in [5.41, 5.74) is 6.80. The first-order valence-corrected chi connectivity index (χ1v) is 6.36. The van der Waals surface area contributed by atoms with Crippen LogP contribution in [0.15, 0.2) is 54.6 Å². The fourth-order valence-corrected chi connectivity index (χ4v) is 2.19. The van der Waals surface area contributed by atoms with E-state index >= 15 is 0 Å². The number of benzene rings is 2. The molecule has 2 aromatic carbocycles. The minimum Gasteiger partial charge on any atom is -0.271 e. The molecule has 0 aliphatic heterocycles. The molecule has 3 N–H and O–H groups in total. The van der Waals surface area contributed by atoms with Crippen LogP contribution in [-0.2, 0) is 6.42 Å². The molecule has 2 heteroatoms. The second-order valence-electron chi connectivity index (χ2n) is 4.66. The molecule has 1 atom stereocenters. The van der Waals surface area contributed by atoms with Crippen molar-refractivity contribution in [3.8, 4) is 0 Å². The highest BCUT2D eigenvalue weighted by Gasteiger charge is 2.09. The monoisotopic (exact) mass is 240 g/mol. The zero-order chi connectivity index (χ0) is 12.8. The average molecular weight is 240 g/mol. The van der Waals surface area contributed by atoms with Crippen molar-refractivity contribution in [1.29, 1.82) is 0 Å². The first-order valence-electron chi connectivity index (χ1n) is 6.36. The third kappa shape index (κ3) is 3.42. The molecule has 0 aromatic heterocycles. The van der Waals surface area contributed by atoms with Crippen LogP contribution in [0.4, 0.5) is 0 Å². The molecule has 1 unspecified atom stereocenters. The van der Waals surface area contributed by atoms with E-state index in [1.54, 1.807) is 0 Å². The van der Waals surface area contributed by atoms with Crippen molar-refractivity contribution in [3.05, 3.63) is 71.3 Å². The largest absolute Gasteiger partial charge is 0.271 e. The Morgan fingerprint density at radius 1 is 1.06 bits per heavy atom. The summed E-state index contributed by atoms with van der Waals surface area (Å²) in [6.45, 7) is 2.11. The maximum absolute atomic E-state index is 5.67. The molecule has 0 heterocycles. The van der Waals surface area contributed by atoms with E-state index in [2.05, 4.69) is 60.9 Å². The zero-order valence-corrected chi connectivity index (χ0v) is 10.8. The van der Waals surface area contributed by atoms with Crippen LogP contribution in [0.2, 0.25) is 0 Å². The van der Waals surface area contributed by atoms with Crippen LogP contribution in [-0.4, -0.2) is 0 Å². The molecule has 18 heavy (non-hydrogen) atoms. The van der Waals surface area contributed by atoms with Gasteiger partial charge in [0.15, 0.2) is 0 Å². The molecule has 0 aliphatic rings. The highest BCUT2D eigenvalue weighted by Crippen LogP contribution is 2.19. The van der Waals surface area contributed by atoms with E-state index in [9.17, 15) is 0 Å². The second kappa shape index (κ2) is 6.34. The highest BCUT2D eigenvalue weighted by molar-refractivity contribution is 5.25. The van der Waals surface area contributed by atoms with Crippen LogP contribution in [0, 0.1) is 6.92 Å². The Bertz CT molecular complexity index is 479. The topological polar surface area (TPSA) is 38.0 Å². The van der Waals surface area contributed by atoms with E-state index in [1.807, 2.05) is 6.07 Å². The van der Waals surface area contributed by atoms with E-state index in [0.29, 0.717) is 0 Å². The van der Waals surface area contributed by atoms with Gasteiger partial charge in [-0.05, 0) is 30.9 Å². The Hall–Kier alpha value is -1.64. The molecule has 2 rings (SSSR count). The van der Waals surface area contributed by atoms with Crippen LogP contribution in [0.25, 0.3) is 0 Å². The molecule has 2 nitrogen and oxygen atoms in total. The zero-order valence-electron chi connectivity index (χ0n) is 10.8. The molecule has 94 valence electrons. The van der Waals surface area contributed by atoms with E-state index in [0.717, 1.165) is 12.8 Å². The first kappa shape index (κ1) is 12.8. The van der Waals surface area contributed by atoms with Gasteiger partial charge in [0.25, 0.3) is 0 Å². The lowest BCUT2D eigenvalue weighted by Crippen LogP contribution is -2.28. The summed E-state index contributed by atoms with van der Waals surface area (Å²) in [6.07, 6.45) is 2.04. The van der Waals surface area contributed by atoms with Gasteiger partial charge >= 0.3 is 0 Å². The molecular weight excluding hydrogens is 220 g/mol. The van der Waals surface area contributed by atoms with Gasteiger partial charge in [-0.2, -0.15) is 0 Å². The predicted molar refractivity (Wildman–Crippen MR) is 76.0 cm³/mol. The molecule has 0 bridgehead atoms. The fourth-order valence-electron chi connectivity index (χ4n) is 2.19. The van der Waals surface area contributed by atoms with Crippen LogP contribution in [0.5, 0.6) is 0 Å². The number of hydrazine groups is 1. The number of nitrogens with one attached hydrogen (secondary N) is 1. The minimum atomic E-state index is 0.213. The number of rotatable bonds is 5. The summed E-state index contributed by atoms with van der Waals surface area (Å²) >= 11 is 0. The van der Waals surface area contributed by atoms with Crippen LogP contribution >= 0.6 is 0 Å².